The summed E-state index contributed by atoms with van der Waals surface area (Å²) in [6.45, 7) is 2.03. The van der Waals surface area contributed by atoms with Crippen LogP contribution >= 0.6 is 0 Å². The van der Waals surface area contributed by atoms with Crippen LogP contribution < -0.4 is 5.32 Å². The standard InChI is InChI=1S/C25H28FN3O3/c1-16-10-19(14-21(26)11-16)7-9-27-24(31)25(32)8-6-17(3-5-23(25)30)12-18-2-4-22-20(13-18)15-28-29-22/h2,4,10-11,13-15,17,32H,3,5-9,12H2,1H3,(H,27,31)(H,28,29). The van der Waals surface area contributed by atoms with Gasteiger partial charge in [0.15, 0.2) is 5.78 Å². The van der Waals surface area contributed by atoms with E-state index in [0.717, 1.165) is 34.0 Å². The lowest BCUT2D eigenvalue weighted by atomic mass is 9.89. The van der Waals surface area contributed by atoms with E-state index < -0.39 is 17.3 Å². The van der Waals surface area contributed by atoms with E-state index in [2.05, 4.69) is 21.6 Å². The summed E-state index contributed by atoms with van der Waals surface area (Å²) in [6.07, 6.45) is 4.49. The summed E-state index contributed by atoms with van der Waals surface area (Å²) in [5, 5.41) is 21.6. The van der Waals surface area contributed by atoms with E-state index in [9.17, 15) is 19.1 Å². The molecule has 32 heavy (non-hydrogen) atoms. The molecule has 6 nitrogen and oxygen atoms in total. The lowest BCUT2D eigenvalue weighted by Gasteiger charge is -2.24. The number of hydrogen-bond acceptors (Lipinski definition) is 4. The zero-order valence-electron chi connectivity index (χ0n) is 18.2. The van der Waals surface area contributed by atoms with Gasteiger partial charge in [0.1, 0.15) is 5.82 Å². The van der Waals surface area contributed by atoms with Gasteiger partial charge in [-0.05, 0) is 85.9 Å². The van der Waals surface area contributed by atoms with Crippen molar-refractivity contribution in [1.82, 2.24) is 15.5 Å². The fourth-order valence-corrected chi connectivity index (χ4v) is 4.56. The van der Waals surface area contributed by atoms with Crippen LogP contribution in [-0.4, -0.2) is 39.1 Å². The number of halogens is 1. The SMILES string of the molecule is Cc1cc(F)cc(CCNC(=O)C2(O)CCC(Cc3ccc4[nH]ncc4c3)CCC2=O)c1. The van der Waals surface area contributed by atoms with E-state index in [1.165, 1.54) is 12.1 Å². The predicted molar refractivity (Wildman–Crippen MR) is 120 cm³/mol. The molecular formula is C25H28FN3O3. The normalized spacial score (nSPS) is 21.5. The predicted octanol–water partition coefficient (Wildman–Crippen LogP) is 3.40. The van der Waals surface area contributed by atoms with Crippen molar-refractivity contribution < 1.29 is 19.1 Å². The minimum absolute atomic E-state index is 0.107. The molecule has 3 N–H and O–H groups in total. The number of Topliss-reactive ketones (excluding diaryl/α,β-unsaturated/α-hetero) is 1. The van der Waals surface area contributed by atoms with Gasteiger partial charge in [-0.3, -0.25) is 14.7 Å². The van der Waals surface area contributed by atoms with Gasteiger partial charge in [-0.15, -0.1) is 0 Å². The molecule has 0 radical (unpaired) electrons. The number of amides is 1. The van der Waals surface area contributed by atoms with Gasteiger partial charge in [-0.25, -0.2) is 4.39 Å². The number of nitrogens with zero attached hydrogens (tertiary/aromatic N) is 1. The molecular weight excluding hydrogens is 409 g/mol. The summed E-state index contributed by atoms with van der Waals surface area (Å²) >= 11 is 0. The van der Waals surface area contributed by atoms with Crippen LogP contribution in [0.25, 0.3) is 10.9 Å². The van der Waals surface area contributed by atoms with E-state index in [-0.39, 0.29) is 31.1 Å². The molecule has 1 aliphatic rings. The van der Waals surface area contributed by atoms with Gasteiger partial charge in [0.05, 0.1) is 11.7 Å². The number of carbonyl (C=O) groups is 2. The monoisotopic (exact) mass is 437 g/mol. The number of hydrogen-bond donors (Lipinski definition) is 3. The molecule has 2 unspecified atom stereocenters. The summed E-state index contributed by atoms with van der Waals surface area (Å²) in [5.74, 6) is -1.19. The number of nitrogens with one attached hydrogen (secondary N) is 2. The zero-order valence-corrected chi connectivity index (χ0v) is 18.2. The van der Waals surface area contributed by atoms with Gasteiger partial charge >= 0.3 is 0 Å². The van der Waals surface area contributed by atoms with Crippen molar-refractivity contribution in [3.8, 4) is 0 Å². The topological polar surface area (TPSA) is 95.1 Å². The molecule has 1 fully saturated rings. The highest BCUT2D eigenvalue weighted by Crippen LogP contribution is 2.31. The first-order valence-corrected chi connectivity index (χ1v) is 11.1. The van der Waals surface area contributed by atoms with Crippen molar-refractivity contribution in [3.63, 3.8) is 0 Å². The summed E-state index contributed by atoms with van der Waals surface area (Å²) in [7, 11) is 0. The molecule has 2 aromatic carbocycles. The fourth-order valence-electron chi connectivity index (χ4n) is 4.56. The van der Waals surface area contributed by atoms with Crippen LogP contribution in [0.4, 0.5) is 4.39 Å². The molecule has 168 valence electrons. The molecule has 1 aromatic heterocycles. The summed E-state index contributed by atoms with van der Waals surface area (Å²) in [6, 6.07) is 10.8. The number of aromatic amines is 1. The van der Waals surface area contributed by atoms with Crippen LogP contribution in [0, 0.1) is 18.7 Å². The molecule has 1 aliphatic carbocycles. The van der Waals surface area contributed by atoms with Gasteiger partial charge in [0.25, 0.3) is 5.91 Å². The van der Waals surface area contributed by atoms with E-state index >= 15 is 0 Å². The maximum Gasteiger partial charge on any atom is 0.259 e. The summed E-state index contributed by atoms with van der Waals surface area (Å²) < 4.78 is 13.5. The molecule has 0 saturated heterocycles. The Morgan fingerprint density at radius 3 is 2.91 bits per heavy atom. The largest absolute Gasteiger partial charge is 0.373 e. The molecule has 1 saturated carbocycles. The van der Waals surface area contributed by atoms with Crippen molar-refractivity contribution in [2.45, 2.75) is 51.0 Å². The van der Waals surface area contributed by atoms with Crippen LogP contribution in [-0.2, 0) is 22.4 Å². The van der Waals surface area contributed by atoms with Gasteiger partial charge in [-0.2, -0.15) is 5.10 Å². The molecule has 0 bridgehead atoms. The Labute approximate surface area is 186 Å². The molecule has 3 aromatic rings. The van der Waals surface area contributed by atoms with Crippen LogP contribution in [0.1, 0.15) is 42.4 Å². The molecule has 0 spiro atoms. The minimum atomic E-state index is -2.00. The zero-order chi connectivity index (χ0) is 22.7. The Balaban J connectivity index is 1.35. The quantitative estimate of drug-likeness (QED) is 0.407. The first kappa shape index (κ1) is 22.1. The Kier molecular flexibility index (Phi) is 6.37. The van der Waals surface area contributed by atoms with Gasteiger partial charge < -0.3 is 10.4 Å². The van der Waals surface area contributed by atoms with Gasteiger partial charge in [0.2, 0.25) is 5.60 Å². The average Bonchev–Trinajstić information content (AvgIpc) is 3.16. The van der Waals surface area contributed by atoms with Crippen molar-refractivity contribution in [2.24, 2.45) is 5.92 Å². The number of fused-ring (bicyclic) bond motifs is 1. The first-order chi connectivity index (χ1) is 15.3. The number of H-pyrrole nitrogens is 1. The minimum Gasteiger partial charge on any atom is -0.373 e. The Morgan fingerprint density at radius 1 is 1.25 bits per heavy atom. The first-order valence-electron chi connectivity index (χ1n) is 11.1. The second kappa shape index (κ2) is 9.20. The van der Waals surface area contributed by atoms with Crippen molar-refractivity contribution in [3.05, 3.63) is 65.1 Å². The van der Waals surface area contributed by atoms with E-state index in [4.69, 9.17) is 0 Å². The lowest BCUT2D eigenvalue weighted by molar-refractivity contribution is -0.152. The molecule has 0 aliphatic heterocycles. The van der Waals surface area contributed by atoms with Crippen LogP contribution in [0.15, 0.2) is 42.6 Å². The second-order valence-electron chi connectivity index (χ2n) is 8.87. The van der Waals surface area contributed by atoms with Crippen LogP contribution in [0.2, 0.25) is 0 Å². The number of rotatable bonds is 6. The fraction of sp³-hybridized carbons (Fsp3) is 0.400. The smallest absolute Gasteiger partial charge is 0.259 e. The van der Waals surface area contributed by atoms with Crippen molar-refractivity contribution >= 4 is 22.6 Å². The third kappa shape index (κ3) is 4.88. The summed E-state index contributed by atoms with van der Waals surface area (Å²) in [4.78, 5) is 25.4. The molecule has 4 rings (SSSR count). The van der Waals surface area contributed by atoms with Gasteiger partial charge in [0, 0.05) is 18.4 Å². The number of ketones is 1. The molecule has 7 heteroatoms. The van der Waals surface area contributed by atoms with E-state index in [1.54, 1.807) is 6.20 Å². The Bertz CT molecular complexity index is 1120. The lowest BCUT2D eigenvalue weighted by Crippen LogP contribution is -2.52. The van der Waals surface area contributed by atoms with E-state index in [0.29, 0.717) is 19.3 Å². The summed E-state index contributed by atoms with van der Waals surface area (Å²) in [5.41, 5.74) is 1.69. The van der Waals surface area contributed by atoms with Gasteiger partial charge in [-0.1, -0.05) is 12.1 Å². The Morgan fingerprint density at radius 2 is 2.09 bits per heavy atom. The maximum atomic E-state index is 13.5. The molecule has 2 atom stereocenters. The van der Waals surface area contributed by atoms with Crippen LogP contribution in [0.5, 0.6) is 0 Å². The van der Waals surface area contributed by atoms with E-state index in [1.807, 2.05) is 25.1 Å². The van der Waals surface area contributed by atoms with Crippen molar-refractivity contribution in [1.29, 1.82) is 0 Å². The highest BCUT2D eigenvalue weighted by molar-refractivity contribution is 6.09. The highest BCUT2D eigenvalue weighted by atomic mass is 19.1. The number of benzene rings is 2. The number of aryl methyl sites for hydroxylation is 1. The number of aliphatic hydroxyl groups is 1. The third-order valence-electron chi connectivity index (χ3n) is 6.36. The average molecular weight is 438 g/mol. The molecule has 1 heterocycles. The maximum absolute atomic E-state index is 13.5. The third-order valence-corrected chi connectivity index (χ3v) is 6.36. The second-order valence-corrected chi connectivity index (χ2v) is 8.87. The van der Waals surface area contributed by atoms with Crippen LogP contribution in [0.3, 0.4) is 0 Å². The molecule has 1 amide bonds. The Hall–Kier alpha value is -3.06. The highest BCUT2D eigenvalue weighted by Gasteiger charge is 2.44. The number of aromatic nitrogens is 2. The van der Waals surface area contributed by atoms with Crippen molar-refractivity contribution in [2.75, 3.05) is 6.54 Å². The number of carbonyl (C=O) groups excluding carboxylic acids is 2.